The van der Waals surface area contributed by atoms with Crippen LogP contribution in [0.5, 0.6) is 0 Å². The molecule has 0 atom stereocenters. The SMILES string of the molecule is OCCNc1nc(N2CCN(c3ccccc3)CC2)nc2nccnc12. The smallest absolute Gasteiger partial charge is 0.229 e. The Labute approximate surface area is 151 Å². The van der Waals surface area contributed by atoms with E-state index in [0.29, 0.717) is 29.5 Å². The molecule has 8 heteroatoms. The van der Waals surface area contributed by atoms with Gasteiger partial charge in [-0.2, -0.15) is 9.97 Å². The van der Waals surface area contributed by atoms with Gasteiger partial charge in [0.05, 0.1) is 6.61 Å². The van der Waals surface area contributed by atoms with Gasteiger partial charge in [0.2, 0.25) is 5.95 Å². The van der Waals surface area contributed by atoms with E-state index in [-0.39, 0.29) is 6.61 Å². The van der Waals surface area contributed by atoms with Gasteiger partial charge >= 0.3 is 0 Å². The predicted molar refractivity (Wildman–Crippen MR) is 102 cm³/mol. The third kappa shape index (κ3) is 3.36. The predicted octanol–water partition coefficient (Wildman–Crippen LogP) is 1.15. The molecule has 0 spiro atoms. The second-order valence-electron chi connectivity index (χ2n) is 6.06. The molecule has 0 bridgehead atoms. The number of aliphatic hydroxyl groups is 1. The van der Waals surface area contributed by atoms with E-state index in [1.54, 1.807) is 12.4 Å². The number of aromatic nitrogens is 4. The Balaban J connectivity index is 1.55. The molecule has 8 nitrogen and oxygen atoms in total. The molecule has 0 radical (unpaired) electrons. The number of anilines is 3. The minimum atomic E-state index is 0.0246. The first kappa shape index (κ1) is 16.5. The van der Waals surface area contributed by atoms with Crippen molar-refractivity contribution in [3.63, 3.8) is 0 Å². The molecule has 0 amide bonds. The van der Waals surface area contributed by atoms with Crippen molar-refractivity contribution in [2.75, 3.05) is 54.4 Å². The summed E-state index contributed by atoms with van der Waals surface area (Å²) in [7, 11) is 0. The lowest BCUT2D eigenvalue weighted by molar-refractivity contribution is 0.311. The zero-order valence-electron chi connectivity index (χ0n) is 14.4. The van der Waals surface area contributed by atoms with Gasteiger partial charge in [-0.25, -0.2) is 9.97 Å². The third-order valence-corrected chi connectivity index (χ3v) is 4.41. The van der Waals surface area contributed by atoms with Gasteiger partial charge in [0.1, 0.15) is 0 Å². The number of piperazine rings is 1. The molecular formula is C18H21N7O. The maximum atomic E-state index is 9.10. The quantitative estimate of drug-likeness (QED) is 0.707. The Hall–Kier alpha value is -3.00. The number of nitrogens with zero attached hydrogens (tertiary/aromatic N) is 6. The minimum Gasteiger partial charge on any atom is -0.395 e. The number of hydrogen-bond acceptors (Lipinski definition) is 8. The summed E-state index contributed by atoms with van der Waals surface area (Å²) in [5.41, 5.74) is 2.42. The van der Waals surface area contributed by atoms with Crippen molar-refractivity contribution in [3.05, 3.63) is 42.7 Å². The van der Waals surface area contributed by atoms with Crippen molar-refractivity contribution in [3.8, 4) is 0 Å². The summed E-state index contributed by atoms with van der Waals surface area (Å²) in [5.74, 6) is 1.25. The lowest BCUT2D eigenvalue weighted by Crippen LogP contribution is -2.47. The monoisotopic (exact) mass is 351 g/mol. The molecule has 4 rings (SSSR count). The lowest BCUT2D eigenvalue weighted by Gasteiger charge is -2.36. The van der Waals surface area contributed by atoms with E-state index in [9.17, 15) is 0 Å². The highest BCUT2D eigenvalue weighted by atomic mass is 16.3. The van der Waals surface area contributed by atoms with E-state index in [1.165, 1.54) is 5.69 Å². The van der Waals surface area contributed by atoms with E-state index in [0.717, 1.165) is 26.2 Å². The number of hydrogen-bond donors (Lipinski definition) is 2. The van der Waals surface area contributed by atoms with Gasteiger partial charge in [-0.1, -0.05) is 18.2 Å². The van der Waals surface area contributed by atoms with Gasteiger partial charge in [0, 0.05) is 50.8 Å². The first-order valence-electron chi connectivity index (χ1n) is 8.73. The molecule has 1 fully saturated rings. The van der Waals surface area contributed by atoms with E-state index >= 15 is 0 Å². The highest BCUT2D eigenvalue weighted by molar-refractivity contribution is 5.83. The highest BCUT2D eigenvalue weighted by Crippen LogP contribution is 2.22. The van der Waals surface area contributed by atoms with Crippen LogP contribution in [0.25, 0.3) is 11.2 Å². The molecule has 2 aromatic heterocycles. The van der Waals surface area contributed by atoms with E-state index in [2.05, 4.69) is 59.3 Å². The molecule has 3 heterocycles. The molecule has 26 heavy (non-hydrogen) atoms. The third-order valence-electron chi connectivity index (χ3n) is 4.41. The Morgan fingerprint density at radius 1 is 0.923 bits per heavy atom. The molecule has 2 N–H and O–H groups in total. The van der Waals surface area contributed by atoms with E-state index in [1.807, 2.05) is 6.07 Å². The van der Waals surface area contributed by atoms with Crippen LogP contribution in [0, 0.1) is 0 Å². The lowest BCUT2D eigenvalue weighted by atomic mass is 10.2. The van der Waals surface area contributed by atoms with Crippen LogP contribution >= 0.6 is 0 Å². The first-order chi connectivity index (χ1) is 12.8. The van der Waals surface area contributed by atoms with Gasteiger partial charge < -0.3 is 20.2 Å². The van der Waals surface area contributed by atoms with Crippen molar-refractivity contribution < 1.29 is 5.11 Å². The fourth-order valence-corrected chi connectivity index (χ4v) is 3.09. The second-order valence-corrected chi connectivity index (χ2v) is 6.06. The molecule has 1 aliphatic rings. The largest absolute Gasteiger partial charge is 0.395 e. The summed E-state index contributed by atoms with van der Waals surface area (Å²) in [6.07, 6.45) is 3.25. The molecule has 1 saturated heterocycles. The van der Waals surface area contributed by atoms with Gasteiger partial charge in [-0.05, 0) is 12.1 Å². The van der Waals surface area contributed by atoms with Crippen molar-refractivity contribution >= 4 is 28.6 Å². The summed E-state index contributed by atoms with van der Waals surface area (Å²) in [5, 5.41) is 12.2. The normalized spacial score (nSPS) is 14.7. The fraction of sp³-hybridized carbons (Fsp3) is 0.333. The molecule has 3 aromatic rings. The van der Waals surface area contributed by atoms with Crippen LogP contribution in [0.2, 0.25) is 0 Å². The van der Waals surface area contributed by atoms with Gasteiger partial charge in [0.15, 0.2) is 17.0 Å². The summed E-state index contributed by atoms with van der Waals surface area (Å²) in [6, 6.07) is 10.4. The first-order valence-corrected chi connectivity index (χ1v) is 8.73. The number of para-hydroxylation sites is 1. The topological polar surface area (TPSA) is 90.3 Å². The molecule has 0 unspecified atom stereocenters. The number of rotatable bonds is 5. The Morgan fingerprint density at radius 3 is 2.42 bits per heavy atom. The summed E-state index contributed by atoms with van der Waals surface area (Å²) < 4.78 is 0. The van der Waals surface area contributed by atoms with Crippen LogP contribution in [0.15, 0.2) is 42.7 Å². The van der Waals surface area contributed by atoms with Crippen molar-refractivity contribution in [2.45, 2.75) is 0 Å². The van der Waals surface area contributed by atoms with Crippen LogP contribution in [0.3, 0.4) is 0 Å². The standard InChI is InChI=1S/C18H21N7O/c26-13-8-21-17-15-16(20-7-6-19-15)22-18(23-17)25-11-9-24(10-12-25)14-4-2-1-3-5-14/h1-7,26H,8-13H2,(H,20,21,22,23). The Kier molecular flexibility index (Phi) is 4.74. The number of benzene rings is 1. The molecular weight excluding hydrogens is 330 g/mol. The average molecular weight is 351 g/mol. The summed E-state index contributed by atoms with van der Waals surface area (Å²) in [6.45, 7) is 3.91. The van der Waals surface area contributed by atoms with Crippen LogP contribution in [-0.4, -0.2) is 64.4 Å². The average Bonchev–Trinajstić information content (AvgIpc) is 2.72. The number of fused-ring (bicyclic) bond motifs is 1. The highest BCUT2D eigenvalue weighted by Gasteiger charge is 2.21. The van der Waals surface area contributed by atoms with Crippen LogP contribution < -0.4 is 15.1 Å². The van der Waals surface area contributed by atoms with Gasteiger partial charge in [-0.3, -0.25) is 0 Å². The number of nitrogens with one attached hydrogen (secondary N) is 1. The van der Waals surface area contributed by atoms with Gasteiger partial charge in [0.25, 0.3) is 0 Å². The van der Waals surface area contributed by atoms with Crippen molar-refractivity contribution in [1.29, 1.82) is 0 Å². The molecule has 0 saturated carbocycles. The molecule has 134 valence electrons. The van der Waals surface area contributed by atoms with Crippen molar-refractivity contribution in [2.24, 2.45) is 0 Å². The van der Waals surface area contributed by atoms with Crippen LogP contribution in [-0.2, 0) is 0 Å². The maximum absolute atomic E-state index is 9.10. The Morgan fingerprint density at radius 2 is 1.65 bits per heavy atom. The number of aliphatic hydroxyl groups excluding tert-OH is 1. The molecule has 1 aliphatic heterocycles. The maximum Gasteiger partial charge on any atom is 0.229 e. The summed E-state index contributed by atoms with van der Waals surface area (Å²) in [4.78, 5) is 22.4. The fourth-order valence-electron chi connectivity index (χ4n) is 3.09. The van der Waals surface area contributed by atoms with Crippen LogP contribution in [0.1, 0.15) is 0 Å². The van der Waals surface area contributed by atoms with Crippen LogP contribution in [0.4, 0.5) is 17.5 Å². The minimum absolute atomic E-state index is 0.0246. The molecule has 0 aliphatic carbocycles. The Bertz CT molecular complexity index is 866. The second kappa shape index (κ2) is 7.49. The van der Waals surface area contributed by atoms with Gasteiger partial charge in [-0.15, -0.1) is 0 Å². The van der Waals surface area contributed by atoms with E-state index in [4.69, 9.17) is 5.11 Å². The zero-order chi connectivity index (χ0) is 17.8. The van der Waals surface area contributed by atoms with E-state index < -0.39 is 0 Å². The summed E-state index contributed by atoms with van der Waals surface area (Å²) >= 11 is 0. The molecule has 1 aromatic carbocycles. The van der Waals surface area contributed by atoms with Crippen molar-refractivity contribution in [1.82, 2.24) is 19.9 Å². The zero-order valence-corrected chi connectivity index (χ0v) is 14.4.